The molecule has 106 valence electrons. The Hall–Kier alpha value is -1.87. The van der Waals surface area contributed by atoms with Gasteiger partial charge in [-0.3, -0.25) is 0 Å². The lowest BCUT2D eigenvalue weighted by Gasteiger charge is -2.17. The molecule has 1 atom stereocenters. The lowest BCUT2D eigenvalue weighted by atomic mass is 10.00. The molecule has 0 bridgehead atoms. The summed E-state index contributed by atoms with van der Waals surface area (Å²) in [5.41, 5.74) is 10.0. The summed E-state index contributed by atoms with van der Waals surface area (Å²) in [6.45, 7) is 6.01. The molecule has 2 aromatic carbocycles. The molecule has 0 aromatic heterocycles. The van der Waals surface area contributed by atoms with Gasteiger partial charge in [0.05, 0.1) is 6.04 Å². The molecule has 0 saturated heterocycles. The Morgan fingerprint density at radius 1 is 1.10 bits per heavy atom. The van der Waals surface area contributed by atoms with Crippen molar-refractivity contribution in [1.29, 1.82) is 0 Å². The van der Waals surface area contributed by atoms with Crippen LogP contribution in [0.1, 0.15) is 28.3 Å². The van der Waals surface area contributed by atoms with Crippen LogP contribution in [-0.2, 0) is 0 Å². The third-order valence-corrected chi connectivity index (χ3v) is 3.41. The van der Waals surface area contributed by atoms with E-state index in [1.807, 2.05) is 26.0 Å². The third-order valence-electron chi connectivity index (χ3n) is 3.41. The van der Waals surface area contributed by atoms with Crippen LogP contribution < -0.4 is 10.5 Å². The van der Waals surface area contributed by atoms with Gasteiger partial charge >= 0.3 is 0 Å². The van der Waals surface area contributed by atoms with Gasteiger partial charge in [0.15, 0.2) is 11.6 Å². The Morgan fingerprint density at radius 2 is 1.85 bits per heavy atom. The predicted molar refractivity (Wildman–Crippen MR) is 79.5 cm³/mol. The summed E-state index contributed by atoms with van der Waals surface area (Å²) in [7, 11) is 0. The maximum atomic E-state index is 13.8. The zero-order chi connectivity index (χ0) is 14.7. The predicted octanol–water partition coefficient (Wildman–Crippen LogP) is 3.83. The highest BCUT2D eigenvalue weighted by atomic mass is 19.1. The number of ether oxygens (including phenoxy) is 1. The second kappa shape index (κ2) is 6.06. The van der Waals surface area contributed by atoms with E-state index < -0.39 is 0 Å². The van der Waals surface area contributed by atoms with Crippen molar-refractivity contribution in [2.45, 2.75) is 26.8 Å². The lowest BCUT2D eigenvalue weighted by molar-refractivity contribution is 0.276. The summed E-state index contributed by atoms with van der Waals surface area (Å²) >= 11 is 0. The van der Waals surface area contributed by atoms with E-state index in [0.717, 1.165) is 16.7 Å². The van der Waals surface area contributed by atoms with Crippen LogP contribution in [0.4, 0.5) is 4.39 Å². The first-order chi connectivity index (χ1) is 9.49. The Balaban J connectivity index is 2.10. The summed E-state index contributed by atoms with van der Waals surface area (Å²) < 4.78 is 19.4. The fourth-order valence-corrected chi connectivity index (χ4v) is 2.16. The maximum Gasteiger partial charge on any atom is 0.167 e. The fraction of sp³-hybridized carbons (Fsp3) is 0.294. The number of halogens is 1. The molecule has 0 spiro atoms. The highest BCUT2D eigenvalue weighted by molar-refractivity contribution is 5.34. The smallest absolute Gasteiger partial charge is 0.167 e. The van der Waals surface area contributed by atoms with Crippen molar-refractivity contribution in [2.75, 3.05) is 6.61 Å². The minimum Gasteiger partial charge on any atom is -0.489 e. The van der Waals surface area contributed by atoms with Crippen LogP contribution in [0.3, 0.4) is 0 Å². The van der Waals surface area contributed by atoms with Crippen LogP contribution in [0.25, 0.3) is 0 Å². The first kappa shape index (κ1) is 14.5. The molecule has 2 N–H and O–H groups in total. The molecule has 0 aliphatic heterocycles. The van der Waals surface area contributed by atoms with Gasteiger partial charge in [-0.2, -0.15) is 0 Å². The number of hydrogen-bond acceptors (Lipinski definition) is 2. The molecule has 2 rings (SSSR count). The van der Waals surface area contributed by atoms with Gasteiger partial charge in [0.1, 0.15) is 6.61 Å². The van der Waals surface area contributed by atoms with Crippen molar-refractivity contribution < 1.29 is 9.13 Å². The molecular formula is C17H20FNO. The van der Waals surface area contributed by atoms with Crippen molar-refractivity contribution >= 4 is 0 Å². The second-order valence-corrected chi connectivity index (χ2v) is 5.16. The van der Waals surface area contributed by atoms with E-state index in [9.17, 15) is 4.39 Å². The van der Waals surface area contributed by atoms with Crippen molar-refractivity contribution in [2.24, 2.45) is 5.73 Å². The van der Waals surface area contributed by atoms with Crippen LogP contribution in [0.15, 0.2) is 36.4 Å². The Bertz CT molecular complexity index is 610. The fourth-order valence-electron chi connectivity index (χ4n) is 2.16. The standard InChI is InChI=1S/C17H20FNO/c1-11-7-8-12(2)14(9-11)15(19)10-20-16-6-4-5-13(3)17(16)18/h4-9,15H,10,19H2,1-3H3. The van der Waals surface area contributed by atoms with Gasteiger partial charge in [0.2, 0.25) is 0 Å². The lowest BCUT2D eigenvalue weighted by Crippen LogP contribution is -2.20. The number of aryl methyl sites for hydroxylation is 3. The van der Waals surface area contributed by atoms with E-state index in [4.69, 9.17) is 10.5 Å². The van der Waals surface area contributed by atoms with Crippen LogP contribution in [0.5, 0.6) is 5.75 Å². The average molecular weight is 273 g/mol. The summed E-state index contributed by atoms with van der Waals surface area (Å²) in [4.78, 5) is 0. The van der Waals surface area contributed by atoms with Gasteiger partial charge in [-0.15, -0.1) is 0 Å². The van der Waals surface area contributed by atoms with Crippen molar-refractivity contribution in [3.63, 3.8) is 0 Å². The summed E-state index contributed by atoms with van der Waals surface area (Å²) in [6, 6.07) is 11.0. The Morgan fingerprint density at radius 3 is 2.60 bits per heavy atom. The average Bonchev–Trinajstić information content (AvgIpc) is 2.43. The van der Waals surface area contributed by atoms with E-state index in [-0.39, 0.29) is 24.2 Å². The SMILES string of the molecule is Cc1ccc(C)c(C(N)COc2cccc(C)c2F)c1. The van der Waals surface area contributed by atoms with Gasteiger partial charge in [0.25, 0.3) is 0 Å². The molecule has 0 aliphatic carbocycles. The highest BCUT2D eigenvalue weighted by Crippen LogP contribution is 2.22. The third kappa shape index (κ3) is 3.17. The van der Waals surface area contributed by atoms with E-state index in [0.29, 0.717) is 5.56 Å². The molecule has 2 nitrogen and oxygen atoms in total. The molecule has 20 heavy (non-hydrogen) atoms. The molecule has 0 fully saturated rings. The van der Waals surface area contributed by atoms with Gasteiger partial charge < -0.3 is 10.5 Å². The quantitative estimate of drug-likeness (QED) is 0.918. The van der Waals surface area contributed by atoms with E-state index >= 15 is 0 Å². The second-order valence-electron chi connectivity index (χ2n) is 5.16. The van der Waals surface area contributed by atoms with E-state index in [2.05, 4.69) is 6.07 Å². The van der Waals surface area contributed by atoms with Gasteiger partial charge in [0, 0.05) is 0 Å². The molecule has 0 aliphatic rings. The first-order valence-corrected chi connectivity index (χ1v) is 6.69. The van der Waals surface area contributed by atoms with E-state index in [1.54, 1.807) is 25.1 Å². The molecule has 0 amide bonds. The van der Waals surface area contributed by atoms with Gasteiger partial charge in [-0.25, -0.2) is 4.39 Å². The number of benzene rings is 2. The highest BCUT2D eigenvalue weighted by Gasteiger charge is 2.12. The summed E-state index contributed by atoms with van der Waals surface area (Å²) in [5, 5.41) is 0. The number of nitrogens with two attached hydrogens (primary N) is 1. The van der Waals surface area contributed by atoms with Crippen molar-refractivity contribution in [3.8, 4) is 5.75 Å². The zero-order valence-corrected chi connectivity index (χ0v) is 12.1. The maximum absolute atomic E-state index is 13.8. The molecule has 2 aromatic rings. The zero-order valence-electron chi connectivity index (χ0n) is 12.1. The van der Waals surface area contributed by atoms with Crippen molar-refractivity contribution in [1.82, 2.24) is 0 Å². The molecule has 0 heterocycles. The topological polar surface area (TPSA) is 35.2 Å². The minimum atomic E-state index is -0.319. The molecular weight excluding hydrogens is 253 g/mol. The molecule has 0 radical (unpaired) electrons. The first-order valence-electron chi connectivity index (χ1n) is 6.69. The molecule has 3 heteroatoms. The number of hydrogen-bond donors (Lipinski definition) is 1. The normalized spacial score (nSPS) is 12.2. The summed E-state index contributed by atoms with van der Waals surface area (Å²) in [5.74, 6) is -0.0635. The van der Waals surface area contributed by atoms with Gasteiger partial charge in [-0.1, -0.05) is 35.9 Å². The van der Waals surface area contributed by atoms with Crippen LogP contribution in [-0.4, -0.2) is 6.61 Å². The van der Waals surface area contributed by atoms with E-state index in [1.165, 1.54) is 0 Å². The molecule has 0 saturated carbocycles. The largest absolute Gasteiger partial charge is 0.489 e. The minimum absolute atomic E-state index is 0.255. The van der Waals surface area contributed by atoms with Crippen LogP contribution in [0, 0.1) is 26.6 Å². The molecule has 1 unspecified atom stereocenters. The Labute approximate surface area is 119 Å². The monoisotopic (exact) mass is 273 g/mol. The van der Waals surface area contributed by atoms with Crippen molar-refractivity contribution in [3.05, 3.63) is 64.5 Å². The van der Waals surface area contributed by atoms with Gasteiger partial charge in [-0.05, 0) is 43.5 Å². The number of rotatable bonds is 4. The van der Waals surface area contributed by atoms with Crippen LogP contribution >= 0.6 is 0 Å². The summed E-state index contributed by atoms with van der Waals surface area (Å²) in [6.07, 6.45) is 0. The Kier molecular flexibility index (Phi) is 4.40. The van der Waals surface area contributed by atoms with Crippen LogP contribution in [0.2, 0.25) is 0 Å².